The summed E-state index contributed by atoms with van der Waals surface area (Å²) in [6.45, 7) is 1.99. The minimum Gasteiger partial charge on any atom is -0.497 e. The number of ether oxygens (including phenoxy) is 1. The van der Waals surface area contributed by atoms with E-state index in [4.69, 9.17) is 16.3 Å². The molecule has 32 heavy (non-hydrogen) atoms. The standard InChI is InChI=1S/C24H25ClN2O4S/c1-4-23(17-7-13-21(31-3)14-8-17)26-24(28)18-5-11-20(12-6-18)27(2)32(29,30)22-15-9-19(25)10-16-22/h5-16,23H,4H2,1-3H3,(H,26,28)/t23-/m1/s1. The molecule has 3 aromatic rings. The largest absolute Gasteiger partial charge is 0.497 e. The number of anilines is 1. The monoisotopic (exact) mass is 472 g/mol. The summed E-state index contributed by atoms with van der Waals surface area (Å²) in [7, 11) is -0.668. The van der Waals surface area contributed by atoms with Gasteiger partial charge in [0.25, 0.3) is 15.9 Å². The number of nitrogens with zero attached hydrogens (tertiary/aromatic N) is 1. The summed E-state index contributed by atoms with van der Waals surface area (Å²) >= 11 is 5.85. The molecule has 0 bridgehead atoms. The van der Waals surface area contributed by atoms with Crippen molar-refractivity contribution in [2.45, 2.75) is 24.3 Å². The first-order chi connectivity index (χ1) is 15.3. The van der Waals surface area contributed by atoms with Gasteiger partial charge in [-0.1, -0.05) is 30.7 Å². The molecular formula is C24H25ClN2O4S. The van der Waals surface area contributed by atoms with Crippen LogP contribution in [0.25, 0.3) is 0 Å². The average Bonchev–Trinajstić information content (AvgIpc) is 2.82. The van der Waals surface area contributed by atoms with Gasteiger partial charge in [0.1, 0.15) is 5.75 Å². The predicted octanol–water partition coefficient (Wildman–Crippen LogP) is 5.05. The average molecular weight is 473 g/mol. The van der Waals surface area contributed by atoms with Gasteiger partial charge in [0.2, 0.25) is 0 Å². The molecule has 0 aromatic heterocycles. The minimum absolute atomic E-state index is 0.136. The maximum Gasteiger partial charge on any atom is 0.264 e. The fourth-order valence-corrected chi connectivity index (χ4v) is 4.55. The number of sulfonamides is 1. The Bertz CT molecular complexity index is 1160. The number of halogens is 1. The number of nitrogens with one attached hydrogen (secondary N) is 1. The van der Waals surface area contributed by atoms with Crippen LogP contribution in [0.15, 0.2) is 77.7 Å². The van der Waals surface area contributed by atoms with E-state index in [1.54, 1.807) is 31.4 Å². The van der Waals surface area contributed by atoms with Crippen molar-refractivity contribution in [1.29, 1.82) is 0 Å². The Morgan fingerprint density at radius 1 is 1.00 bits per heavy atom. The first kappa shape index (κ1) is 23.6. The zero-order valence-corrected chi connectivity index (χ0v) is 19.7. The lowest BCUT2D eigenvalue weighted by Gasteiger charge is -2.20. The van der Waals surface area contributed by atoms with Crippen LogP contribution in [-0.2, 0) is 10.0 Å². The van der Waals surface area contributed by atoms with E-state index in [1.807, 2.05) is 31.2 Å². The highest BCUT2D eigenvalue weighted by Gasteiger charge is 2.22. The molecule has 3 aromatic carbocycles. The number of hydrogen-bond acceptors (Lipinski definition) is 4. The lowest BCUT2D eigenvalue weighted by molar-refractivity contribution is 0.0935. The second kappa shape index (κ2) is 10.1. The van der Waals surface area contributed by atoms with Crippen molar-refractivity contribution in [2.75, 3.05) is 18.5 Å². The van der Waals surface area contributed by atoms with E-state index < -0.39 is 10.0 Å². The van der Waals surface area contributed by atoms with E-state index in [0.29, 0.717) is 16.3 Å². The summed E-state index contributed by atoms with van der Waals surface area (Å²) in [6.07, 6.45) is 0.720. The van der Waals surface area contributed by atoms with E-state index in [9.17, 15) is 13.2 Å². The van der Waals surface area contributed by atoms with Crippen molar-refractivity contribution in [3.63, 3.8) is 0 Å². The van der Waals surface area contributed by atoms with Gasteiger partial charge in [-0.15, -0.1) is 0 Å². The van der Waals surface area contributed by atoms with Crippen molar-refractivity contribution in [1.82, 2.24) is 5.32 Å². The fraction of sp³-hybridized carbons (Fsp3) is 0.208. The van der Waals surface area contributed by atoms with Crippen molar-refractivity contribution < 1.29 is 17.9 Å². The lowest BCUT2D eigenvalue weighted by atomic mass is 10.0. The van der Waals surface area contributed by atoms with Crippen LogP contribution < -0.4 is 14.4 Å². The van der Waals surface area contributed by atoms with E-state index in [1.165, 1.54) is 35.6 Å². The van der Waals surface area contributed by atoms with Crippen molar-refractivity contribution in [3.05, 3.63) is 88.9 Å². The van der Waals surface area contributed by atoms with Crippen molar-refractivity contribution in [3.8, 4) is 5.75 Å². The molecule has 0 aliphatic rings. The highest BCUT2D eigenvalue weighted by molar-refractivity contribution is 7.92. The Kier molecular flexibility index (Phi) is 7.43. The molecule has 6 nitrogen and oxygen atoms in total. The van der Waals surface area contributed by atoms with Crippen LogP contribution in [0.2, 0.25) is 5.02 Å². The zero-order valence-electron chi connectivity index (χ0n) is 18.1. The molecule has 1 amide bonds. The highest BCUT2D eigenvalue weighted by atomic mass is 35.5. The van der Waals surface area contributed by atoms with Gasteiger partial charge in [-0.05, 0) is 72.6 Å². The number of carbonyl (C=O) groups excluding carboxylic acids is 1. The number of methoxy groups -OCH3 is 1. The Labute approximate surface area is 193 Å². The molecule has 0 heterocycles. The summed E-state index contributed by atoms with van der Waals surface area (Å²) in [5, 5.41) is 3.48. The van der Waals surface area contributed by atoms with Gasteiger partial charge in [0, 0.05) is 17.6 Å². The summed E-state index contributed by atoms with van der Waals surface area (Å²) in [6, 6.07) is 19.8. The molecule has 1 atom stereocenters. The van der Waals surface area contributed by atoms with Gasteiger partial charge in [-0.3, -0.25) is 9.10 Å². The molecule has 0 unspecified atom stereocenters. The Hall–Kier alpha value is -3.03. The Morgan fingerprint density at radius 3 is 2.12 bits per heavy atom. The molecule has 0 aliphatic heterocycles. The van der Waals surface area contributed by atoms with Crippen LogP contribution >= 0.6 is 11.6 Å². The van der Waals surface area contributed by atoms with Crippen molar-refractivity contribution in [2.24, 2.45) is 0 Å². The number of benzene rings is 3. The molecular weight excluding hydrogens is 448 g/mol. The third kappa shape index (κ3) is 5.23. The molecule has 0 radical (unpaired) electrons. The Balaban J connectivity index is 1.73. The second-order valence-electron chi connectivity index (χ2n) is 7.18. The number of hydrogen-bond donors (Lipinski definition) is 1. The van der Waals surface area contributed by atoms with Gasteiger partial charge in [0.05, 0.1) is 23.7 Å². The number of carbonyl (C=O) groups is 1. The molecule has 0 saturated carbocycles. The predicted molar refractivity (Wildman–Crippen MR) is 127 cm³/mol. The van der Waals surface area contributed by atoms with Crippen LogP contribution in [0.3, 0.4) is 0 Å². The van der Waals surface area contributed by atoms with Crippen LogP contribution in [0.5, 0.6) is 5.75 Å². The normalized spacial score (nSPS) is 12.1. The Morgan fingerprint density at radius 2 is 1.59 bits per heavy atom. The molecule has 0 spiro atoms. The topological polar surface area (TPSA) is 75.7 Å². The SMILES string of the molecule is CC[C@@H](NC(=O)c1ccc(N(C)S(=O)(=O)c2ccc(Cl)cc2)cc1)c1ccc(OC)cc1. The molecule has 3 rings (SSSR count). The summed E-state index contributed by atoms with van der Waals surface area (Å²) in [5.41, 5.74) is 1.86. The van der Waals surface area contributed by atoms with Gasteiger partial charge in [-0.2, -0.15) is 0 Å². The van der Waals surface area contributed by atoms with Gasteiger partial charge in [-0.25, -0.2) is 8.42 Å². The summed E-state index contributed by atoms with van der Waals surface area (Å²) < 4.78 is 32.0. The maximum absolute atomic E-state index is 12.8. The fourth-order valence-electron chi connectivity index (χ4n) is 3.23. The molecule has 0 aliphatic carbocycles. The van der Waals surface area contributed by atoms with E-state index in [2.05, 4.69) is 5.32 Å². The van der Waals surface area contributed by atoms with Crippen LogP contribution in [0.4, 0.5) is 5.69 Å². The summed E-state index contributed by atoms with van der Waals surface area (Å²) in [4.78, 5) is 12.9. The van der Waals surface area contributed by atoms with Crippen LogP contribution in [0, 0.1) is 0 Å². The highest BCUT2D eigenvalue weighted by Crippen LogP contribution is 2.24. The lowest BCUT2D eigenvalue weighted by Crippen LogP contribution is -2.28. The third-order valence-corrected chi connectivity index (χ3v) is 7.25. The van der Waals surface area contributed by atoms with Crippen LogP contribution in [0.1, 0.15) is 35.3 Å². The minimum atomic E-state index is -3.74. The molecule has 1 N–H and O–H groups in total. The zero-order chi connectivity index (χ0) is 23.3. The second-order valence-corrected chi connectivity index (χ2v) is 9.59. The van der Waals surface area contributed by atoms with Crippen LogP contribution in [-0.4, -0.2) is 28.5 Å². The quantitative estimate of drug-likeness (QED) is 0.497. The van der Waals surface area contributed by atoms with Gasteiger partial charge < -0.3 is 10.1 Å². The van der Waals surface area contributed by atoms with E-state index in [-0.39, 0.29) is 16.8 Å². The molecule has 168 valence electrons. The van der Waals surface area contributed by atoms with Gasteiger partial charge >= 0.3 is 0 Å². The summed E-state index contributed by atoms with van der Waals surface area (Å²) in [5.74, 6) is 0.519. The van der Waals surface area contributed by atoms with Crippen molar-refractivity contribution >= 4 is 33.2 Å². The van der Waals surface area contributed by atoms with E-state index in [0.717, 1.165) is 17.7 Å². The smallest absolute Gasteiger partial charge is 0.264 e. The first-order valence-corrected chi connectivity index (χ1v) is 11.9. The van der Waals surface area contributed by atoms with Gasteiger partial charge in [0.15, 0.2) is 0 Å². The molecule has 0 saturated heterocycles. The molecule has 8 heteroatoms. The maximum atomic E-state index is 12.8. The van der Waals surface area contributed by atoms with E-state index >= 15 is 0 Å². The molecule has 0 fully saturated rings. The third-order valence-electron chi connectivity index (χ3n) is 5.20. The number of rotatable bonds is 8. The first-order valence-electron chi connectivity index (χ1n) is 10.1. The number of amides is 1.